The van der Waals surface area contributed by atoms with Gasteiger partial charge in [0.1, 0.15) is 11.6 Å². The van der Waals surface area contributed by atoms with Gasteiger partial charge in [-0.15, -0.1) is 0 Å². The SMILES string of the molecule is C=C1NC=C(c2ccc(CCNC(=O)c3ccc4c(c3O)[C@@]35CCCC[C@@]3(O)[C@@H](C4)N(C)CC5)cc2)C(=O)N1. The Balaban J connectivity index is 1.17. The molecule has 0 unspecified atom stereocenters. The number of fused-ring (bicyclic) bond motifs is 1. The molecule has 1 saturated carbocycles. The summed E-state index contributed by atoms with van der Waals surface area (Å²) >= 11 is 0. The van der Waals surface area contributed by atoms with Gasteiger partial charge in [-0.3, -0.25) is 9.59 Å². The van der Waals surface area contributed by atoms with Crippen molar-refractivity contribution >= 4 is 17.4 Å². The summed E-state index contributed by atoms with van der Waals surface area (Å²) in [6.45, 7) is 4.96. The second-order valence-corrected chi connectivity index (χ2v) is 11.5. The smallest absolute Gasteiger partial charge is 0.258 e. The molecule has 2 heterocycles. The summed E-state index contributed by atoms with van der Waals surface area (Å²) in [4.78, 5) is 27.7. The van der Waals surface area contributed by atoms with Crippen LogP contribution < -0.4 is 16.0 Å². The zero-order valence-electron chi connectivity index (χ0n) is 22.3. The molecule has 2 fully saturated rings. The number of benzene rings is 2. The highest BCUT2D eigenvalue weighted by Crippen LogP contribution is 2.60. The van der Waals surface area contributed by atoms with Crippen LogP contribution in [-0.2, 0) is 23.1 Å². The third-order valence-electron chi connectivity index (χ3n) is 9.48. The number of hydrogen-bond acceptors (Lipinski definition) is 6. The van der Waals surface area contributed by atoms with E-state index in [0.717, 1.165) is 60.9 Å². The minimum Gasteiger partial charge on any atom is -0.507 e. The molecule has 4 aliphatic rings. The number of rotatable bonds is 5. The first kappa shape index (κ1) is 25.6. The summed E-state index contributed by atoms with van der Waals surface area (Å²) in [5.41, 5.74) is 3.07. The van der Waals surface area contributed by atoms with E-state index < -0.39 is 11.0 Å². The summed E-state index contributed by atoms with van der Waals surface area (Å²) < 4.78 is 0. The van der Waals surface area contributed by atoms with Crippen LogP contribution >= 0.6 is 0 Å². The van der Waals surface area contributed by atoms with E-state index in [9.17, 15) is 19.8 Å². The topological polar surface area (TPSA) is 114 Å². The van der Waals surface area contributed by atoms with Crippen LogP contribution in [-0.4, -0.2) is 58.7 Å². The molecule has 39 heavy (non-hydrogen) atoms. The van der Waals surface area contributed by atoms with E-state index in [-0.39, 0.29) is 29.2 Å². The van der Waals surface area contributed by atoms with Gasteiger partial charge in [0.25, 0.3) is 11.8 Å². The van der Waals surface area contributed by atoms with Crippen molar-refractivity contribution < 1.29 is 19.8 Å². The number of phenolic OH excluding ortho intramolecular Hbond substituents is 1. The molecule has 0 spiro atoms. The quantitative estimate of drug-likeness (QED) is 0.408. The summed E-state index contributed by atoms with van der Waals surface area (Å²) in [6, 6.07) is 11.4. The molecule has 8 nitrogen and oxygen atoms in total. The Morgan fingerprint density at radius 3 is 2.69 bits per heavy atom. The number of nitrogens with zero attached hydrogens (tertiary/aromatic N) is 1. The number of phenols is 1. The normalized spacial score (nSPS) is 27.9. The van der Waals surface area contributed by atoms with Crippen LogP contribution in [0.1, 0.15) is 64.7 Å². The maximum atomic E-state index is 13.2. The molecular weight excluding hydrogens is 492 g/mol. The molecule has 204 valence electrons. The van der Waals surface area contributed by atoms with E-state index in [1.165, 1.54) is 0 Å². The summed E-state index contributed by atoms with van der Waals surface area (Å²) in [7, 11) is 2.08. The van der Waals surface area contributed by atoms with Gasteiger partial charge in [0.2, 0.25) is 0 Å². The number of nitrogens with one attached hydrogen (secondary N) is 3. The highest BCUT2D eigenvalue weighted by molar-refractivity contribution is 6.20. The number of aliphatic hydroxyl groups is 1. The Hall–Kier alpha value is -3.62. The molecule has 2 amide bonds. The molecule has 2 aromatic carbocycles. The monoisotopic (exact) mass is 528 g/mol. The largest absolute Gasteiger partial charge is 0.507 e. The predicted molar refractivity (Wildman–Crippen MR) is 149 cm³/mol. The number of carbonyl (C=O) groups is 2. The van der Waals surface area contributed by atoms with Gasteiger partial charge in [-0.2, -0.15) is 0 Å². The van der Waals surface area contributed by atoms with E-state index >= 15 is 0 Å². The van der Waals surface area contributed by atoms with Gasteiger partial charge in [-0.1, -0.05) is 49.8 Å². The fraction of sp³-hybridized carbons (Fsp3) is 0.419. The lowest BCUT2D eigenvalue weighted by molar-refractivity contribution is -0.161. The van der Waals surface area contributed by atoms with Crippen molar-refractivity contribution in [3.8, 4) is 5.75 Å². The Morgan fingerprint density at radius 2 is 1.92 bits per heavy atom. The van der Waals surface area contributed by atoms with Crippen molar-refractivity contribution in [1.29, 1.82) is 0 Å². The van der Waals surface area contributed by atoms with Crippen LogP contribution in [0.3, 0.4) is 0 Å². The minimum absolute atomic E-state index is 0.0315. The first-order valence-electron chi connectivity index (χ1n) is 13.9. The Bertz CT molecular complexity index is 1380. The second-order valence-electron chi connectivity index (χ2n) is 11.5. The van der Waals surface area contributed by atoms with Crippen molar-refractivity contribution in [3.63, 3.8) is 0 Å². The van der Waals surface area contributed by atoms with Gasteiger partial charge in [-0.05, 0) is 68.5 Å². The molecule has 2 bridgehead atoms. The van der Waals surface area contributed by atoms with Crippen LogP contribution in [0.4, 0.5) is 0 Å². The molecule has 8 heteroatoms. The van der Waals surface area contributed by atoms with E-state index in [0.29, 0.717) is 30.8 Å². The Labute approximate surface area is 228 Å². The lowest BCUT2D eigenvalue weighted by Gasteiger charge is -2.63. The average molecular weight is 529 g/mol. The van der Waals surface area contributed by atoms with Crippen LogP contribution in [0.5, 0.6) is 5.75 Å². The molecule has 0 aromatic heterocycles. The molecule has 2 aromatic rings. The molecule has 6 rings (SSSR count). The summed E-state index contributed by atoms with van der Waals surface area (Å²) in [6.07, 6.45) is 7.26. The highest BCUT2D eigenvalue weighted by atomic mass is 16.3. The van der Waals surface area contributed by atoms with Crippen molar-refractivity contribution in [1.82, 2.24) is 20.9 Å². The number of aromatic hydroxyl groups is 1. The Kier molecular flexibility index (Phi) is 6.27. The van der Waals surface area contributed by atoms with Gasteiger partial charge in [0.05, 0.1) is 16.7 Å². The minimum atomic E-state index is -0.887. The molecule has 2 aliphatic heterocycles. The average Bonchev–Trinajstić information content (AvgIpc) is 2.91. The number of likely N-dealkylation sites (tertiary alicyclic amines) is 1. The number of likely N-dealkylation sites (N-methyl/N-ethyl adjacent to an activating group) is 1. The third kappa shape index (κ3) is 4.05. The van der Waals surface area contributed by atoms with E-state index in [2.05, 4.69) is 34.5 Å². The molecule has 1 saturated heterocycles. The fourth-order valence-electron chi connectivity index (χ4n) is 7.46. The van der Waals surface area contributed by atoms with Crippen LogP contribution in [0.25, 0.3) is 5.57 Å². The van der Waals surface area contributed by atoms with Gasteiger partial charge < -0.3 is 31.1 Å². The van der Waals surface area contributed by atoms with Gasteiger partial charge >= 0.3 is 0 Å². The van der Waals surface area contributed by atoms with Crippen LogP contribution in [0, 0.1) is 0 Å². The number of carbonyl (C=O) groups excluding carboxylic acids is 2. The maximum absolute atomic E-state index is 13.2. The molecule has 2 aliphatic carbocycles. The van der Waals surface area contributed by atoms with Crippen LogP contribution in [0.15, 0.2) is 55.0 Å². The van der Waals surface area contributed by atoms with Gasteiger partial charge in [0, 0.05) is 29.8 Å². The lowest BCUT2D eigenvalue weighted by atomic mass is 9.49. The number of hydrogen-bond donors (Lipinski definition) is 5. The van der Waals surface area contributed by atoms with Crippen molar-refractivity contribution in [2.75, 3.05) is 20.1 Å². The van der Waals surface area contributed by atoms with Gasteiger partial charge in [0.15, 0.2) is 0 Å². The number of amides is 2. The second kappa shape index (κ2) is 9.54. The van der Waals surface area contributed by atoms with Gasteiger partial charge in [-0.25, -0.2) is 0 Å². The first-order valence-corrected chi connectivity index (χ1v) is 13.9. The predicted octanol–water partition coefficient (Wildman–Crippen LogP) is 2.70. The zero-order chi connectivity index (χ0) is 27.4. The summed E-state index contributed by atoms with van der Waals surface area (Å²) in [5, 5.41) is 32.1. The molecule has 0 radical (unpaired) electrons. The van der Waals surface area contributed by atoms with Crippen LogP contribution in [0.2, 0.25) is 0 Å². The highest BCUT2D eigenvalue weighted by Gasteiger charge is 2.63. The van der Waals surface area contributed by atoms with E-state index in [4.69, 9.17) is 0 Å². The first-order chi connectivity index (χ1) is 18.7. The maximum Gasteiger partial charge on any atom is 0.258 e. The van der Waals surface area contributed by atoms with Crippen molar-refractivity contribution in [2.45, 2.75) is 62.0 Å². The number of piperidine rings is 1. The lowest BCUT2D eigenvalue weighted by Crippen LogP contribution is -2.71. The zero-order valence-corrected chi connectivity index (χ0v) is 22.3. The molecule has 5 N–H and O–H groups in total. The molecule has 3 atom stereocenters. The van der Waals surface area contributed by atoms with E-state index in [1.54, 1.807) is 12.3 Å². The van der Waals surface area contributed by atoms with E-state index in [1.807, 2.05) is 30.3 Å². The third-order valence-corrected chi connectivity index (χ3v) is 9.48. The summed E-state index contributed by atoms with van der Waals surface area (Å²) in [5.74, 6) is -0.0302. The standard InChI is InChI=1S/C31H36N4O4/c1-19-33-18-24(29(38)34-19)21-7-5-20(6-8-21)11-15-32-28(37)23-10-9-22-17-25-31(39)13-4-3-12-30(31,14-16-35(25)2)26(22)27(23)36/h5-10,18,25,33,36,39H,1,3-4,11-17H2,2H3,(H,32,37)(H,34,38)/t25-,30+,31-/m1/s1. The fourth-order valence-corrected chi connectivity index (χ4v) is 7.46. The molecular formula is C31H36N4O4. The Morgan fingerprint density at radius 1 is 1.15 bits per heavy atom. The van der Waals surface area contributed by atoms with Crippen molar-refractivity contribution in [2.24, 2.45) is 0 Å². The van der Waals surface area contributed by atoms with Crippen molar-refractivity contribution in [3.05, 3.63) is 82.8 Å².